The molecule has 0 unspecified atom stereocenters. The molecule has 1 amide bonds. The highest BCUT2D eigenvalue weighted by Crippen LogP contribution is 2.23. The number of aromatic amines is 1. The number of rotatable bonds is 5. The van der Waals surface area contributed by atoms with Gasteiger partial charge in [0, 0.05) is 48.3 Å². The topological polar surface area (TPSA) is 61.9 Å². The number of aryl methyl sites for hydroxylation is 1. The highest BCUT2D eigenvalue weighted by Gasteiger charge is 2.25. The fourth-order valence-corrected chi connectivity index (χ4v) is 4.15. The van der Waals surface area contributed by atoms with Gasteiger partial charge < -0.3 is 4.90 Å². The van der Waals surface area contributed by atoms with Crippen LogP contribution in [0, 0.1) is 0 Å². The summed E-state index contributed by atoms with van der Waals surface area (Å²) in [5, 5.41) is 8.49. The minimum Gasteiger partial charge on any atom is -0.334 e. The maximum atomic E-state index is 12.9. The maximum absolute atomic E-state index is 12.9. The fraction of sp³-hybridized carbons (Fsp3) is 0.286. The van der Waals surface area contributed by atoms with Gasteiger partial charge >= 0.3 is 0 Å². The Balaban J connectivity index is 1.41. The van der Waals surface area contributed by atoms with E-state index in [4.69, 9.17) is 0 Å². The molecule has 4 rings (SSSR count). The average Bonchev–Trinajstić information content (AvgIpc) is 3.15. The molecule has 0 atom stereocenters. The van der Waals surface area contributed by atoms with Crippen molar-refractivity contribution in [2.24, 2.45) is 0 Å². The number of fused-ring (bicyclic) bond motifs is 1. The zero-order valence-corrected chi connectivity index (χ0v) is 16.1. The molecule has 1 aliphatic heterocycles. The van der Waals surface area contributed by atoms with Gasteiger partial charge in [0.05, 0.1) is 10.7 Å². The summed E-state index contributed by atoms with van der Waals surface area (Å²) in [6, 6.07) is 13.9. The number of carbonyl (C=O) groups excluding carboxylic acids is 1. The number of H-pyrrole nitrogens is 1. The minimum atomic E-state index is 0.0906. The van der Waals surface area contributed by atoms with Crippen LogP contribution in [0.1, 0.15) is 39.8 Å². The Morgan fingerprint density at radius 2 is 2.07 bits per heavy atom. The third-order valence-electron chi connectivity index (χ3n) is 4.87. The predicted octanol–water partition coefficient (Wildman–Crippen LogP) is 3.86. The number of benzene rings is 1. The average molecular weight is 379 g/mol. The lowest BCUT2D eigenvalue weighted by molar-refractivity contribution is 0.0734. The van der Waals surface area contributed by atoms with Gasteiger partial charge in [0.1, 0.15) is 0 Å². The normalized spacial score (nSPS) is 13.4. The summed E-state index contributed by atoms with van der Waals surface area (Å²) in [5.74, 6) is 0.931. The quantitative estimate of drug-likeness (QED) is 0.685. The Kier molecular flexibility index (Phi) is 5.25. The molecule has 0 saturated heterocycles. The van der Waals surface area contributed by atoms with Crippen molar-refractivity contribution in [3.8, 4) is 0 Å². The van der Waals surface area contributed by atoms with Gasteiger partial charge in [-0.2, -0.15) is 5.10 Å². The Hall–Kier alpha value is -2.60. The van der Waals surface area contributed by atoms with Crippen LogP contribution in [0.5, 0.6) is 0 Å². The zero-order chi connectivity index (χ0) is 18.6. The van der Waals surface area contributed by atoms with Crippen molar-refractivity contribution in [3.05, 3.63) is 76.7 Å². The summed E-state index contributed by atoms with van der Waals surface area (Å²) in [4.78, 5) is 19.2. The lowest BCUT2D eigenvalue weighted by Crippen LogP contribution is -2.36. The maximum Gasteiger partial charge on any atom is 0.254 e. The number of thioether (sulfide) groups is 1. The van der Waals surface area contributed by atoms with Gasteiger partial charge in [-0.05, 0) is 36.2 Å². The molecule has 0 spiro atoms. The highest BCUT2D eigenvalue weighted by molar-refractivity contribution is 7.98. The van der Waals surface area contributed by atoms with Crippen molar-refractivity contribution >= 4 is 17.7 Å². The van der Waals surface area contributed by atoms with Crippen LogP contribution < -0.4 is 0 Å². The van der Waals surface area contributed by atoms with E-state index in [1.54, 1.807) is 18.0 Å². The summed E-state index contributed by atoms with van der Waals surface area (Å²) in [5.41, 5.74) is 5.38. The van der Waals surface area contributed by atoms with Gasteiger partial charge in [0.15, 0.2) is 0 Å². The predicted molar refractivity (Wildman–Crippen MR) is 107 cm³/mol. The summed E-state index contributed by atoms with van der Waals surface area (Å²) in [7, 11) is 0. The molecule has 6 heteroatoms. The standard InChI is InChI=1S/C21H22N4OS/c1-2-18-17-13-25(12-10-19(17)24-23-18)21(26)16-8-6-15(7-9-16)14-27-20-5-3-4-11-22-20/h3-9,11H,2,10,12-14H2,1H3,(H,23,24). The van der Waals surface area contributed by atoms with Crippen LogP contribution >= 0.6 is 11.8 Å². The van der Waals surface area contributed by atoms with Crippen LogP contribution in [0.3, 0.4) is 0 Å². The van der Waals surface area contributed by atoms with Crippen LogP contribution in [0.25, 0.3) is 0 Å². The number of nitrogens with zero attached hydrogens (tertiary/aromatic N) is 3. The molecule has 27 heavy (non-hydrogen) atoms. The van der Waals surface area contributed by atoms with E-state index in [0.29, 0.717) is 6.54 Å². The summed E-state index contributed by atoms with van der Waals surface area (Å²) >= 11 is 1.70. The Morgan fingerprint density at radius 1 is 1.22 bits per heavy atom. The monoisotopic (exact) mass is 378 g/mol. The molecule has 138 valence electrons. The third-order valence-corrected chi connectivity index (χ3v) is 5.88. The number of hydrogen-bond acceptors (Lipinski definition) is 4. The first-order valence-electron chi connectivity index (χ1n) is 9.21. The van der Waals surface area contributed by atoms with E-state index in [1.165, 1.54) is 16.8 Å². The van der Waals surface area contributed by atoms with Crippen molar-refractivity contribution < 1.29 is 4.79 Å². The second-order valence-electron chi connectivity index (χ2n) is 6.61. The minimum absolute atomic E-state index is 0.0906. The molecule has 1 N–H and O–H groups in total. The van der Waals surface area contributed by atoms with E-state index in [-0.39, 0.29) is 5.91 Å². The first-order valence-corrected chi connectivity index (χ1v) is 10.2. The molecule has 5 nitrogen and oxygen atoms in total. The molecule has 0 saturated carbocycles. The van der Waals surface area contributed by atoms with E-state index in [1.807, 2.05) is 47.4 Å². The summed E-state index contributed by atoms with van der Waals surface area (Å²) in [6.07, 6.45) is 3.53. The Labute approximate surface area is 163 Å². The molecule has 3 aromatic rings. The molecule has 2 aromatic heterocycles. The number of amides is 1. The van der Waals surface area contributed by atoms with Crippen LogP contribution in [0.15, 0.2) is 53.7 Å². The van der Waals surface area contributed by atoms with E-state index in [0.717, 1.165) is 41.4 Å². The van der Waals surface area contributed by atoms with Crippen LogP contribution in [0.4, 0.5) is 0 Å². The van der Waals surface area contributed by atoms with E-state index >= 15 is 0 Å². The van der Waals surface area contributed by atoms with Gasteiger partial charge in [-0.3, -0.25) is 9.89 Å². The Morgan fingerprint density at radius 3 is 2.81 bits per heavy atom. The van der Waals surface area contributed by atoms with Crippen LogP contribution in [0.2, 0.25) is 0 Å². The number of nitrogens with one attached hydrogen (secondary N) is 1. The smallest absolute Gasteiger partial charge is 0.254 e. The molecule has 0 bridgehead atoms. The molecule has 0 fully saturated rings. The van der Waals surface area contributed by atoms with Gasteiger partial charge in [0.25, 0.3) is 5.91 Å². The Bertz CT molecular complexity index is 908. The van der Waals surface area contributed by atoms with E-state index in [9.17, 15) is 4.79 Å². The second kappa shape index (κ2) is 7.96. The van der Waals surface area contributed by atoms with Crippen molar-refractivity contribution in [3.63, 3.8) is 0 Å². The fourth-order valence-electron chi connectivity index (χ4n) is 3.34. The summed E-state index contributed by atoms with van der Waals surface area (Å²) < 4.78 is 0. The van der Waals surface area contributed by atoms with Gasteiger partial charge in [-0.15, -0.1) is 11.8 Å². The van der Waals surface area contributed by atoms with Gasteiger partial charge in [-0.25, -0.2) is 4.98 Å². The first-order chi connectivity index (χ1) is 13.2. The third kappa shape index (κ3) is 3.90. The number of aromatic nitrogens is 3. The van der Waals surface area contributed by atoms with Crippen LogP contribution in [-0.4, -0.2) is 32.5 Å². The first kappa shape index (κ1) is 17.8. The lowest BCUT2D eigenvalue weighted by Gasteiger charge is -2.27. The molecule has 1 aromatic carbocycles. The second-order valence-corrected chi connectivity index (χ2v) is 7.61. The lowest BCUT2D eigenvalue weighted by atomic mass is 10.0. The van der Waals surface area contributed by atoms with E-state index in [2.05, 4.69) is 22.1 Å². The molecule has 1 aliphatic rings. The summed E-state index contributed by atoms with van der Waals surface area (Å²) in [6.45, 7) is 3.47. The largest absolute Gasteiger partial charge is 0.334 e. The van der Waals surface area contributed by atoms with E-state index < -0.39 is 0 Å². The zero-order valence-electron chi connectivity index (χ0n) is 15.3. The molecule has 0 radical (unpaired) electrons. The van der Waals surface area contributed by atoms with Crippen molar-refractivity contribution in [2.75, 3.05) is 6.54 Å². The van der Waals surface area contributed by atoms with Crippen molar-refractivity contribution in [2.45, 2.75) is 37.1 Å². The van der Waals surface area contributed by atoms with Crippen LogP contribution in [-0.2, 0) is 25.1 Å². The SMILES string of the molecule is CCc1n[nH]c2c1CN(C(=O)c1ccc(CSc3ccccn3)cc1)CC2. The molecular formula is C21H22N4OS. The number of pyridine rings is 1. The molecule has 3 heterocycles. The molecule has 0 aliphatic carbocycles. The molecular weight excluding hydrogens is 356 g/mol. The van der Waals surface area contributed by atoms with Gasteiger partial charge in [-0.1, -0.05) is 25.1 Å². The van der Waals surface area contributed by atoms with Crippen molar-refractivity contribution in [1.29, 1.82) is 0 Å². The number of hydrogen-bond donors (Lipinski definition) is 1. The highest BCUT2D eigenvalue weighted by atomic mass is 32.2. The van der Waals surface area contributed by atoms with Gasteiger partial charge in [0.2, 0.25) is 0 Å². The van der Waals surface area contributed by atoms with Crippen molar-refractivity contribution in [1.82, 2.24) is 20.1 Å². The number of carbonyl (C=O) groups is 1.